The number of benzene rings is 1. The van der Waals surface area contributed by atoms with E-state index < -0.39 is 0 Å². The van der Waals surface area contributed by atoms with Crippen molar-refractivity contribution in [1.82, 2.24) is 9.97 Å². The van der Waals surface area contributed by atoms with Crippen LogP contribution in [0.15, 0.2) is 29.0 Å². The summed E-state index contributed by atoms with van der Waals surface area (Å²) in [4.78, 5) is 8.17. The summed E-state index contributed by atoms with van der Waals surface area (Å²) in [6.45, 7) is 0.651. The average molecular weight is 338 g/mol. The second kappa shape index (κ2) is 5.54. The number of nitrogens with zero attached hydrogens (tertiary/aromatic N) is 2. The molecule has 7 heteroatoms. The molecule has 0 radical (unpaired) electrons. The van der Waals surface area contributed by atoms with Crippen LogP contribution in [0.3, 0.4) is 0 Å². The van der Waals surface area contributed by atoms with Gasteiger partial charge < -0.3 is 19.5 Å². The fraction of sp³-hybridized carbons (Fsp3) is 0.231. The van der Waals surface area contributed by atoms with Crippen LogP contribution in [-0.2, 0) is 6.61 Å². The Morgan fingerprint density at radius 3 is 3.00 bits per heavy atom. The van der Waals surface area contributed by atoms with Gasteiger partial charge in [-0.2, -0.15) is 0 Å². The maximum absolute atomic E-state index is 5.69. The zero-order valence-electron chi connectivity index (χ0n) is 10.7. The minimum atomic E-state index is 0.266. The number of hydrogen-bond acceptors (Lipinski definition) is 6. The highest BCUT2D eigenvalue weighted by atomic mass is 79.9. The Hall–Kier alpha value is -2.02. The molecule has 3 rings (SSSR count). The second-order valence-electron chi connectivity index (χ2n) is 4.07. The molecule has 0 bridgehead atoms. The second-order valence-corrected chi connectivity index (χ2v) is 4.86. The Kier molecular flexibility index (Phi) is 3.60. The van der Waals surface area contributed by atoms with Crippen LogP contribution in [0.25, 0.3) is 0 Å². The molecule has 1 aromatic carbocycles. The summed E-state index contributed by atoms with van der Waals surface area (Å²) in [5.41, 5.74) is 0.978. The van der Waals surface area contributed by atoms with Crippen molar-refractivity contribution in [2.45, 2.75) is 6.61 Å². The van der Waals surface area contributed by atoms with E-state index in [0.717, 1.165) is 17.1 Å². The van der Waals surface area contributed by atoms with Gasteiger partial charge in [0.1, 0.15) is 23.2 Å². The fourth-order valence-corrected chi connectivity index (χ4v) is 2.33. The van der Waals surface area contributed by atoms with Gasteiger partial charge >= 0.3 is 0 Å². The van der Waals surface area contributed by atoms with Crippen molar-refractivity contribution in [1.29, 1.82) is 0 Å². The zero-order chi connectivity index (χ0) is 13.9. The molecule has 1 N–H and O–H groups in total. The molecule has 20 heavy (non-hydrogen) atoms. The van der Waals surface area contributed by atoms with Crippen LogP contribution < -0.4 is 19.5 Å². The third-order valence-electron chi connectivity index (χ3n) is 2.81. The molecular weight excluding hydrogens is 326 g/mol. The van der Waals surface area contributed by atoms with E-state index in [2.05, 4.69) is 31.2 Å². The standard InChI is InChI=1S/C13H12BrN3O3/c1-15-12-11(14)13(17-6-16-12)18-5-8-2-3-9-10(4-8)20-7-19-9/h2-4,6H,5,7H2,1H3,(H,15,16,17). The summed E-state index contributed by atoms with van der Waals surface area (Å²) >= 11 is 3.41. The molecule has 0 atom stereocenters. The van der Waals surface area contributed by atoms with Gasteiger partial charge in [-0.1, -0.05) is 6.07 Å². The highest BCUT2D eigenvalue weighted by Crippen LogP contribution is 2.33. The SMILES string of the molecule is CNc1ncnc(OCc2ccc3c(c2)OCO3)c1Br. The highest BCUT2D eigenvalue weighted by Gasteiger charge is 2.14. The van der Waals surface area contributed by atoms with Crippen LogP contribution in [0.1, 0.15) is 5.56 Å². The van der Waals surface area contributed by atoms with E-state index in [1.165, 1.54) is 6.33 Å². The van der Waals surface area contributed by atoms with E-state index >= 15 is 0 Å². The normalized spacial score (nSPS) is 12.3. The van der Waals surface area contributed by atoms with E-state index in [-0.39, 0.29) is 6.79 Å². The first-order valence-electron chi connectivity index (χ1n) is 5.97. The molecule has 104 valence electrons. The Morgan fingerprint density at radius 2 is 2.15 bits per heavy atom. The van der Waals surface area contributed by atoms with Crippen molar-refractivity contribution in [3.8, 4) is 17.4 Å². The van der Waals surface area contributed by atoms with Gasteiger partial charge in [-0.25, -0.2) is 9.97 Å². The molecule has 2 heterocycles. The maximum Gasteiger partial charge on any atom is 0.233 e. The van der Waals surface area contributed by atoms with Crippen molar-refractivity contribution < 1.29 is 14.2 Å². The van der Waals surface area contributed by atoms with Crippen molar-refractivity contribution in [2.24, 2.45) is 0 Å². The van der Waals surface area contributed by atoms with Crippen LogP contribution in [0, 0.1) is 0 Å². The number of fused-ring (bicyclic) bond motifs is 1. The van der Waals surface area contributed by atoms with E-state index in [4.69, 9.17) is 14.2 Å². The van der Waals surface area contributed by atoms with Crippen LogP contribution >= 0.6 is 15.9 Å². The van der Waals surface area contributed by atoms with Crippen molar-refractivity contribution in [2.75, 3.05) is 19.2 Å². The summed E-state index contributed by atoms with van der Waals surface area (Å²) < 4.78 is 17.0. The molecule has 0 saturated heterocycles. The first kappa shape index (κ1) is 13.0. The number of nitrogens with one attached hydrogen (secondary N) is 1. The Balaban J connectivity index is 1.73. The molecule has 6 nitrogen and oxygen atoms in total. The molecule has 0 amide bonds. The Morgan fingerprint density at radius 1 is 1.30 bits per heavy atom. The van der Waals surface area contributed by atoms with Gasteiger partial charge in [0.15, 0.2) is 11.5 Å². The van der Waals surface area contributed by atoms with Gasteiger partial charge in [0.05, 0.1) is 0 Å². The van der Waals surface area contributed by atoms with Gasteiger partial charge in [0.2, 0.25) is 12.7 Å². The quantitative estimate of drug-likeness (QED) is 0.924. The molecule has 0 aliphatic carbocycles. The molecule has 0 unspecified atom stereocenters. The molecule has 1 aliphatic rings. The minimum Gasteiger partial charge on any atom is -0.472 e. The van der Waals surface area contributed by atoms with Crippen LogP contribution in [0.4, 0.5) is 5.82 Å². The number of ether oxygens (including phenoxy) is 3. The van der Waals surface area contributed by atoms with E-state index in [1.54, 1.807) is 7.05 Å². The zero-order valence-corrected chi connectivity index (χ0v) is 12.3. The molecule has 0 saturated carbocycles. The van der Waals surface area contributed by atoms with Gasteiger partial charge in [0, 0.05) is 7.05 Å². The minimum absolute atomic E-state index is 0.266. The van der Waals surface area contributed by atoms with Gasteiger partial charge in [-0.3, -0.25) is 0 Å². The largest absolute Gasteiger partial charge is 0.472 e. The third-order valence-corrected chi connectivity index (χ3v) is 3.52. The summed E-state index contributed by atoms with van der Waals surface area (Å²) in [6, 6.07) is 5.70. The van der Waals surface area contributed by atoms with Gasteiger partial charge in [0.25, 0.3) is 0 Å². The first-order valence-corrected chi connectivity index (χ1v) is 6.77. The Labute approximate surface area is 124 Å². The average Bonchev–Trinajstić information content (AvgIpc) is 2.93. The lowest BCUT2D eigenvalue weighted by atomic mass is 10.2. The summed E-state index contributed by atoms with van der Waals surface area (Å²) in [5, 5.41) is 2.95. The molecule has 2 aromatic rings. The van der Waals surface area contributed by atoms with Crippen molar-refractivity contribution in [3.63, 3.8) is 0 Å². The molecule has 1 aromatic heterocycles. The van der Waals surface area contributed by atoms with Crippen molar-refractivity contribution >= 4 is 21.7 Å². The fourth-order valence-electron chi connectivity index (χ4n) is 1.81. The lowest BCUT2D eigenvalue weighted by Crippen LogP contribution is -2.01. The highest BCUT2D eigenvalue weighted by molar-refractivity contribution is 9.10. The summed E-state index contributed by atoms with van der Waals surface area (Å²) in [6.07, 6.45) is 1.45. The van der Waals surface area contributed by atoms with Crippen LogP contribution in [-0.4, -0.2) is 23.8 Å². The van der Waals surface area contributed by atoms with Crippen LogP contribution in [0.5, 0.6) is 17.4 Å². The monoisotopic (exact) mass is 337 g/mol. The molecule has 1 aliphatic heterocycles. The number of aromatic nitrogens is 2. The van der Waals surface area contributed by atoms with Gasteiger partial charge in [-0.15, -0.1) is 0 Å². The Bertz CT molecular complexity index is 636. The topological polar surface area (TPSA) is 65.5 Å². The van der Waals surface area contributed by atoms with Crippen molar-refractivity contribution in [3.05, 3.63) is 34.6 Å². The summed E-state index contributed by atoms with van der Waals surface area (Å²) in [5.74, 6) is 2.67. The third kappa shape index (κ3) is 2.49. The molecular formula is C13H12BrN3O3. The van der Waals surface area contributed by atoms with E-state index in [1.807, 2.05) is 18.2 Å². The number of anilines is 1. The lowest BCUT2D eigenvalue weighted by molar-refractivity contribution is 0.174. The predicted octanol–water partition coefficient (Wildman–Crippen LogP) is 2.59. The summed E-state index contributed by atoms with van der Waals surface area (Å²) in [7, 11) is 1.79. The number of hydrogen-bond donors (Lipinski definition) is 1. The smallest absolute Gasteiger partial charge is 0.233 e. The number of halogens is 1. The predicted molar refractivity (Wildman–Crippen MR) is 76.2 cm³/mol. The maximum atomic E-state index is 5.69. The molecule has 0 fully saturated rings. The number of rotatable bonds is 4. The lowest BCUT2D eigenvalue weighted by Gasteiger charge is -2.09. The molecule has 0 spiro atoms. The first-order chi connectivity index (χ1) is 9.78. The van der Waals surface area contributed by atoms with E-state index in [0.29, 0.717) is 22.8 Å². The van der Waals surface area contributed by atoms with Crippen LogP contribution in [0.2, 0.25) is 0 Å². The van der Waals surface area contributed by atoms with E-state index in [9.17, 15) is 0 Å². The van der Waals surface area contributed by atoms with Gasteiger partial charge in [-0.05, 0) is 33.6 Å².